The van der Waals surface area contributed by atoms with Gasteiger partial charge in [0.1, 0.15) is 6.10 Å². The average molecular weight is 640 g/mol. The number of nitrogens with one attached hydrogen (secondary N) is 3. The molecule has 2 aliphatic rings. The molecule has 0 saturated heterocycles. The van der Waals surface area contributed by atoms with E-state index in [-0.39, 0.29) is 61.3 Å². The van der Waals surface area contributed by atoms with Gasteiger partial charge in [0.05, 0.1) is 36.1 Å². The highest BCUT2D eigenvalue weighted by molar-refractivity contribution is 6.05. The standard InChI is InChI=1S/C35H37N5O7/c1-21-17-40(22(2)19-41)33(42)26-11-7-13-28(37-34(43)36-24-14-15-29-30(16-24)46-20-45-29)32(26)47-31(21)18-39(3)35(44)38-27-12-6-9-23-8-4-5-10-25(23)27/h4-16,21-22,31,41H,17-20H2,1-3H3,(H,38,44)(H2,36,37,43)/t21-,22+,31-/m0/s1. The summed E-state index contributed by atoms with van der Waals surface area (Å²) in [6.45, 7) is 4.03. The maximum atomic E-state index is 13.8. The molecule has 4 aromatic carbocycles. The van der Waals surface area contributed by atoms with E-state index in [0.717, 1.165) is 10.8 Å². The van der Waals surface area contributed by atoms with Crippen molar-refractivity contribution in [2.45, 2.75) is 26.0 Å². The van der Waals surface area contributed by atoms with Crippen LogP contribution >= 0.6 is 0 Å². The molecule has 6 rings (SSSR count). The molecule has 5 amide bonds. The highest BCUT2D eigenvalue weighted by Crippen LogP contribution is 2.36. The SMILES string of the molecule is C[C@H](CO)N1C[C@H](C)[C@H](CN(C)C(=O)Nc2cccc3ccccc23)Oc2c(NC(=O)Nc3ccc4c(c3)OCO4)cccc2C1=O. The Hall–Kier alpha value is -5.49. The van der Waals surface area contributed by atoms with E-state index in [1.165, 1.54) is 4.90 Å². The second-order valence-electron chi connectivity index (χ2n) is 11.8. The van der Waals surface area contributed by atoms with E-state index in [4.69, 9.17) is 14.2 Å². The lowest BCUT2D eigenvalue weighted by Crippen LogP contribution is -2.50. The number of amides is 5. The third kappa shape index (κ3) is 6.73. The summed E-state index contributed by atoms with van der Waals surface area (Å²) in [4.78, 5) is 43.6. The fraction of sp³-hybridized carbons (Fsp3) is 0.286. The van der Waals surface area contributed by atoms with E-state index in [1.807, 2.05) is 49.4 Å². The molecule has 0 radical (unpaired) electrons. The van der Waals surface area contributed by atoms with Gasteiger partial charge in [0.25, 0.3) is 5.91 Å². The molecule has 244 valence electrons. The van der Waals surface area contributed by atoms with E-state index in [2.05, 4.69) is 16.0 Å². The zero-order valence-electron chi connectivity index (χ0n) is 26.4. The maximum Gasteiger partial charge on any atom is 0.323 e. The number of rotatable bonds is 7. The highest BCUT2D eigenvalue weighted by atomic mass is 16.7. The number of hydrogen-bond donors (Lipinski definition) is 4. The topological polar surface area (TPSA) is 142 Å². The van der Waals surface area contributed by atoms with Crippen LogP contribution in [0.3, 0.4) is 0 Å². The lowest BCUT2D eigenvalue weighted by atomic mass is 9.99. The van der Waals surface area contributed by atoms with Crippen molar-refractivity contribution < 1.29 is 33.7 Å². The maximum absolute atomic E-state index is 13.8. The molecule has 0 spiro atoms. The predicted octanol–water partition coefficient (Wildman–Crippen LogP) is 5.60. The molecule has 0 bridgehead atoms. The van der Waals surface area contributed by atoms with Gasteiger partial charge in [-0.15, -0.1) is 0 Å². The van der Waals surface area contributed by atoms with E-state index in [9.17, 15) is 19.5 Å². The second kappa shape index (κ2) is 13.5. The van der Waals surface area contributed by atoms with Gasteiger partial charge in [-0.2, -0.15) is 0 Å². The van der Waals surface area contributed by atoms with E-state index in [0.29, 0.717) is 22.9 Å². The van der Waals surface area contributed by atoms with Crippen LogP contribution in [0.5, 0.6) is 17.2 Å². The van der Waals surface area contributed by atoms with Gasteiger partial charge in [0.15, 0.2) is 17.2 Å². The molecule has 0 aromatic heterocycles. The number of fused-ring (bicyclic) bond motifs is 3. The first kappa shape index (κ1) is 31.5. The van der Waals surface area contributed by atoms with Gasteiger partial charge < -0.3 is 45.1 Å². The van der Waals surface area contributed by atoms with E-state index >= 15 is 0 Å². The van der Waals surface area contributed by atoms with Gasteiger partial charge in [0.2, 0.25) is 6.79 Å². The van der Waals surface area contributed by atoms with Crippen molar-refractivity contribution in [3.63, 3.8) is 0 Å². The summed E-state index contributed by atoms with van der Waals surface area (Å²) in [6, 6.07) is 22.1. The second-order valence-corrected chi connectivity index (χ2v) is 11.8. The number of urea groups is 2. The molecule has 0 saturated carbocycles. The number of aliphatic hydroxyl groups excluding tert-OH is 1. The number of carbonyl (C=O) groups excluding carboxylic acids is 3. The molecule has 4 aromatic rings. The number of likely N-dealkylation sites (N-methyl/N-ethyl adjacent to an activating group) is 1. The minimum atomic E-state index is -0.585. The molecule has 0 unspecified atom stereocenters. The van der Waals surface area contributed by atoms with Crippen LogP contribution < -0.4 is 30.2 Å². The van der Waals surface area contributed by atoms with Crippen molar-refractivity contribution in [2.24, 2.45) is 5.92 Å². The zero-order valence-corrected chi connectivity index (χ0v) is 26.4. The van der Waals surface area contributed by atoms with Crippen molar-refractivity contribution in [1.29, 1.82) is 0 Å². The summed E-state index contributed by atoms with van der Waals surface area (Å²) in [6.07, 6.45) is -0.585. The molecule has 4 N–H and O–H groups in total. The molecule has 0 aliphatic carbocycles. The fourth-order valence-electron chi connectivity index (χ4n) is 5.72. The van der Waals surface area contributed by atoms with Crippen LogP contribution in [0.2, 0.25) is 0 Å². The Bertz CT molecular complexity index is 1810. The van der Waals surface area contributed by atoms with Gasteiger partial charge in [-0.1, -0.05) is 49.4 Å². The van der Waals surface area contributed by atoms with Crippen molar-refractivity contribution in [2.75, 3.05) is 49.5 Å². The van der Waals surface area contributed by atoms with Crippen molar-refractivity contribution in [3.05, 3.63) is 84.4 Å². The lowest BCUT2D eigenvalue weighted by molar-refractivity contribution is 0.0373. The van der Waals surface area contributed by atoms with E-state index in [1.54, 1.807) is 55.3 Å². The molecule has 12 nitrogen and oxygen atoms in total. The Labute approximate surface area is 272 Å². The summed E-state index contributed by atoms with van der Waals surface area (Å²) in [7, 11) is 1.68. The first-order valence-corrected chi connectivity index (χ1v) is 15.4. The smallest absolute Gasteiger partial charge is 0.323 e. The minimum absolute atomic E-state index is 0.109. The number of para-hydroxylation sites is 1. The largest absolute Gasteiger partial charge is 0.485 e. The number of ether oxygens (including phenoxy) is 3. The number of hydrogen-bond acceptors (Lipinski definition) is 7. The normalized spacial score (nSPS) is 17.5. The summed E-state index contributed by atoms with van der Waals surface area (Å²) >= 11 is 0. The molecule has 3 atom stereocenters. The van der Waals surface area contributed by atoms with E-state index < -0.39 is 18.2 Å². The molecule has 47 heavy (non-hydrogen) atoms. The molecule has 0 fully saturated rings. The van der Waals surface area contributed by atoms with Gasteiger partial charge in [-0.3, -0.25) is 4.79 Å². The number of benzene rings is 4. The number of aliphatic hydroxyl groups is 1. The molecule has 2 heterocycles. The first-order chi connectivity index (χ1) is 22.7. The zero-order chi connectivity index (χ0) is 33.1. The molecule has 2 aliphatic heterocycles. The van der Waals surface area contributed by atoms with Crippen LogP contribution in [0.1, 0.15) is 24.2 Å². The Morgan fingerprint density at radius 3 is 2.53 bits per heavy atom. The third-order valence-electron chi connectivity index (χ3n) is 8.40. The summed E-state index contributed by atoms with van der Waals surface area (Å²) in [5.74, 6) is 0.682. The number of anilines is 3. The third-order valence-corrected chi connectivity index (χ3v) is 8.40. The van der Waals surface area contributed by atoms with Gasteiger partial charge in [-0.05, 0) is 42.6 Å². The van der Waals surface area contributed by atoms with Gasteiger partial charge in [-0.25, -0.2) is 9.59 Å². The number of carbonyl (C=O) groups is 3. The highest BCUT2D eigenvalue weighted by Gasteiger charge is 2.35. The number of nitrogens with zero attached hydrogens (tertiary/aromatic N) is 2. The van der Waals surface area contributed by atoms with Crippen molar-refractivity contribution >= 4 is 45.8 Å². The lowest BCUT2D eigenvalue weighted by Gasteiger charge is -2.38. The Kier molecular flexibility index (Phi) is 9.03. The van der Waals surface area contributed by atoms with Crippen LogP contribution in [0.4, 0.5) is 26.7 Å². The average Bonchev–Trinajstić information content (AvgIpc) is 3.54. The van der Waals surface area contributed by atoms with Crippen LogP contribution in [-0.2, 0) is 0 Å². The Morgan fingerprint density at radius 1 is 0.957 bits per heavy atom. The molecule has 12 heteroatoms. The monoisotopic (exact) mass is 639 g/mol. The quantitative estimate of drug-likeness (QED) is 0.206. The minimum Gasteiger partial charge on any atom is -0.485 e. The van der Waals surface area contributed by atoms with Crippen LogP contribution in [0.15, 0.2) is 78.9 Å². The predicted molar refractivity (Wildman–Crippen MR) is 178 cm³/mol. The summed E-state index contributed by atoms with van der Waals surface area (Å²) < 4.78 is 17.3. The Morgan fingerprint density at radius 2 is 1.70 bits per heavy atom. The van der Waals surface area contributed by atoms with Crippen LogP contribution in [0, 0.1) is 5.92 Å². The van der Waals surface area contributed by atoms with Crippen LogP contribution in [0.25, 0.3) is 10.8 Å². The van der Waals surface area contributed by atoms with Gasteiger partial charge in [0, 0.05) is 36.7 Å². The molecular weight excluding hydrogens is 602 g/mol. The Balaban J connectivity index is 1.25. The van der Waals surface area contributed by atoms with Gasteiger partial charge >= 0.3 is 12.1 Å². The summed E-state index contributed by atoms with van der Waals surface area (Å²) in [5, 5.41) is 20.5. The summed E-state index contributed by atoms with van der Waals surface area (Å²) in [5.41, 5.74) is 1.67. The molecular formula is C35H37N5O7. The van der Waals surface area contributed by atoms with Crippen molar-refractivity contribution in [3.8, 4) is 17.2 Å². The van der Waals surface area contributed by atoms with Crippen LogP contribution in [-0.4, -0.2) is 78.6 Å². The fourth-order valence-corrected chi connectivity index (χ4v) is 5.72. The first-order valence-electron chi connectivity index (χ1n) is 15.4. The van der Waals surface area contributed by atoms with Crippen molar-refractivity contribution in [1.82, 2.24) is 9.80 Å².